The van der Waals surface area contributed by atoms with Crippen molar-refractivity contribution in [3.63, 3.8) is 0 Å². The van der Waals surface area contributed by atoms with Gasteiger partial charge in [0.25, 0.3) is 0 Å². The van der Waals surface area contributed by atoms with E-state index in [1.54, 1.807) is 18.4 Å². The third kappa shape index (κ3) is 2.55. The highest BCUT2D eigenvalue weighted by Gasteiger charge is 2.18. The van der Waals surface area contributed by atoms with Crippen LogP contribution in [0.25, 0.3) is 0 Å². The number of thiophene rings is 1. The summed E-state index contributed by atoms with van der Waals surface area (Å²) in [6.07, 6.45) is 0. The van der Waals surface area contributed by atoms with Gasteiger partial charge in [-0.05, 0) is 36.4 Å². The topological polar surface area (TPSA) is 9.23 Å². The molecule has 1 aromatic heterocycles. The summed E-state index contributed by atoms with van der Waals surface area (Å²) in [5, 5.41) is 2.06. The largest absolute Gasteiger partial charge is 0.496 e. The molecule has 0 N–H and O–H groups in total. The van der Waals surface area contributed by atoms with E-state index in [1.807, 2.05) is 6.07 Å². The first kappa shape index (κ1) is 12.7. The molecule has 0 aliphatic heterocycles. The van der Waals surface area contributed by atoms with Crippen molar-refractivity contribution in [2.24, 2.45) is 0 Å². The number of halogens is 1. The molecular formula is C14H15BrOS. The highest BCUT2D eigenvalue weighted by atomic mass is 79.9. The van der Waals surface area contributed by atoms with Crippen molar-refractivity contribution in [2.45, 2.75) is 18.7 Å². The van der Waals surface area contributed by atoms with E-state index in [0.29, 0.717) is 0 Å². The summed E-state index contributed by atoms with van der Waals surface area (Å²) in [6, 6.07) is 8.55. The first-order valence-corrected chi connectivity index (χ1v) is 7.25. The molecule has 0 radical (unpaired) electrons. The molecule has 1 heterocycles. The van der Waals surface area contributed by atoms with Crippen LogP contribution in [0.1, 0.15) is 26.4 Å². The van der Waals surface area contributed by atoms with Crippen molar-refractivity contribution in [3.05, 3.63) is 51.2 Å². The Hall–Kier alpha value is -0.800. The van der Waals surface area contributed by atoms with E-state index < -0.39 is 0 Å². The molecule has 1 unspecified atom stereocenters. The minimum Gasteiger partial charge on any atom is -0.496 e. The third-order valence-corrected chi connectivity index (χ3v) is 5.03. The minimum absolute atomic E-state index is 0.206. The van der Waals surface area contributed by atoms with Gasteiger partial charge in [0, 0.05) is 0 Å². The zero-order valence-corrected chi connectivity index (χ0v) is 12.6. The van der Waals surface area contributed by atoms with Crippen LogP contribution in [0.15, 0.2) is 29.6 Å². The predicted octanol–water partition coefficient (Wildman–Crippen LogP) is 4.86. The van der Waals surface area contributed by atoms with E-state index in [-0.39, 0.29) is 4.83 Å². The first-order valence-electron chi connectivity index (χ1n) is 5.46. The number of aryl methyl sites for hydroxylation is 2. The van der Waals surface area contributed by atoms with Crippen molar-refractivity contribution in [2.75, 3.05) is 7.11 Å². The fourth-order valence-corrected chi connectivity index (χ4v) is 3.73. The van der Waals surface area contributed by atoms with Crippen molar-refractivity contribution in [1.29, 1.82) is 0 Å². The van der Waals surface area contributed by atoms with Gasteiger partial charge in [0.15, 0.2) is 0 Å². The summed E-state index contributed by atoms with van der Waals surface area (Å²) < 4.78 is 5.38. The molecule has 0 saturated carbocycles. The zero-order chi connectivity index (χ0) is 12.4. The SMILES string of the molecule is COc1ccsc1C(Br)c1cc(C)ccc1C. The van der Waals surface area contributed by atoms with E-state index in [2.05, 4.69) is 53.4 Å². The summed E-state index contributed by atoms with van der Waals surface area (Å²) in [6.45, 7) is 4.26. The van der Waals surface area contributed by atoms with Crippen LogP contribution >= 0.6 is 27.3 Å². The van der Waals surface area contributed by atoms with Crippen molar-refractivity contribution < 1.29 is 4.74 Å². The lowest BCUT2D eigenvalue weighted by molar-refractivity contribution is 0.413. The Kier molecular flexibility index (Phi) is 3.89. The highest BCUT2D eigenvalue weighted by molar-refractivity contribution is 9.09. The van der Waals surface area contributed by atoms with E-state index >= 15 is 0 Å². The van der Waals surface area contributed by atoms with Gasteiger partial charge in [-0.25, -0.2) is 0 Å². The quantitative estimate of drug-likeness (QED) is 0.736. The molecule has 0 bridgehead atoms. The van der Waals surface area contributed by atoms with Gasteiger partial charge >= 0.3 is 0 Å². The van der Waals surface area contributed by atoms with Gasteiger partial charge in [-0.3, -0.25) is 0 Å². The molecule has 2 rings (SSSR count). The predicted molar refractivity (Wildman–Crippen MR) is 77.6 cm³/mol. The maximum Gasteiger partial charge on any atom is 0.134 e. The Labute approximate surface area is 115 Å². The fraction of sp³-hybridized carbons (Fsp3) is 0.286. The normalized spacial score (nSPS) is 12.5. The van der Waals surface area contributed by atoms with E-state index in [9.17, 15) is 0 Å². The lowest BCUT2D eigenvalue weighted by atomic mass is 10.0. The molecule has 3 heteroatoms. The molecule has 90 valence electrons. The number of alkyl halides is 1. The van der Waals surface area contributed by atoms with Crippen LogP contribution in [-0.2, 0) is 0 Å². The second kappa shape index (κ2) is 5.23. The van der Waals surface area contributed by atoms with Crippen LogP contribution in [0.2, 0.25) is 0 Å². The monoisotopic (exact) mass is 310 g/mol. The Morgan fingerprint density at radius 1 is 1.24 bits per heavy atom. The zero-order valence-electron chi connectivity index (χ0n) is 10.2. The van der Waals surface area contributed by atoms with Gasteiger partial charge < -0.3 is 4.74 Å². The second-order valence-electron chi connectivity index (χ2n) is 4.08. The highest BCUT2D eigenvalue weighted by Crippen LogP contribution is 2.41. The molecule has 0 aliphatic carbocycles. The van der Waals surface area contributed by atoms with E-state index in [4.69, 9.17) is 4.74 Å². The Balaban J connectivity index is 2.43. The van der Waals surface area contributed by atoms with Crippen molar-refractivity contribution in [3.8, 4) is 5.75 Å². The Morgan fingerprint density at radius 2 is 2.00 bits per heavy atom. The first-order chi connectivity index (χ1) is 8.13. The van der Waals surface area contributed by atoms with Crippen LogP contribution in [0, 0.1) is 13.8 Å². The van der Waals surface area contributed by atoms with Crippen LogP contribution in [-0.4, -0.2) is 7.11 Å². The Morgan fingerprint density at radius 3 is 2.71 bits per heavy atom. The molecule has 0 saturated heterocycles. The molecular weight excluding hydrogens is 296 g/mol. The number of benzene rings is 1. The van der Waals surface area contributed by atoms with Crippen LogP contribution in [0.5, 0.6) is 5.75 Å². The number of hydrogen-bond acceptors (Lipinski definition) is 2. The standard InChI is InChI=1S/C14H15BrOS/c1-9-4-5-10(2)11(8-9)13(15)14-12(16-3)6-7-17-14/h4-8,13H,1-3H3. The van der Waals surface area contributed by atoms with Crippen molar-refractivity contribution >= 4 is 27.3 Å². The molecule has 0 aliphatic rings. The van der Waals surface area contributed by atoms with E-state index in [1.165, 1.54) is 21.6 Å². The third-order valence-electron chi connectivity index (χ3n) is 2.82. The molecule has 17 heavy (non-hydrogen) atoms. The minimum atomic E-state index is 0.206. The smallest absolute Gasteiger partial charge is 0.134 e. The second-order valence-corrected chi connectivity index (χ2v) is 5.94. The van der Waals surface area contributed by atoms with Crippen LogP contribution in [0.4, 0.5) is 0 Å². The van der Waals surface area contributed by atoms with Gasteiger partial charge in [0.05, 0.1) is 16.8 Å². The van der Waals surface area contributed by atoms with Gasteiger partial charge in [-0.1, -0.05) is 39.7 Å². The lowest BCUT2D eigenvalue weighted by Crippen LogP contribution is -1.96. The molecule has 0 amide bonds. The maximum absolute atomic E-state index is 5.38. The van der Waals surface area contributed by atoms with Gasteiger partial charge in [0.2, 0.25) is 0 Å². The summed E-state index contributed by atoms with van der Waals surface area (Å²) in [5.74, 6) is 0.956. The molecule has 2 aromatic rings. The van der Waals surface area contributed by atoms with Crippen molar-refractivity contribution in [1.82, 2.24) is 0 Å². The summed E-state index contributed by atoms with van der Waals surface area (Å²) in [4.78, 5) is 1.43. The van der Waals surface area contributed by atoms with Gasteiger partial charge in [0.1, 0.15) is 5.75 Å². The fourth-order valence-electron chi connectivity index (χ4n) is 1.84. The maximum atomic E-state index is 5.38. The Bertz CT molecular complexity index is 519. The molecule has 1 aromatic carbocycles. The van der Waals surface area contributed by atoms with Crippen LogP contribution < -0.4 is 4.74 Å². The summed E-state index contributed by atoms with van der Waals surface area (Å²) in [5.41, 5.74) is 3.89. The summed E-state index contributed by atoms with van der Waals surface area (Å²) >= 11 is 5.50. The molecule has 1 nitrogen and oxygen atoms in total. The molecule has 0 spiro atoms. The average molecular weight is 311 g/mol. The van der Waals surface area contributed by atoms with Gasteiger partial charge in [-0.2, -0.15) is 0 Å². The molecule has 1 atom stereocenters. The average Bonchev–Trinajstić information content (AvgIpc) is 2.79. The van der Waals surface area contributed by atoms with Gasteiger partial charge in [-0.15, -0.1) is 11.3 Å². The summed E-state index contributed by atoms with van der Waals surface area (Å²) in [7, 11) is 1.72. The lowest BCUT2D eigenvalue weighted by Gasteiger charge is -2.14. The number of hydrogen-bond donors (Lipinski definition) is 0. The number of ether oxygens (including phenoxy) is 1. The van der Waals surface area contributed by atoms with E-state index in [0.717, 1.165) is 5.75 Å². The van der Waals surface area contributed by atoms with Crippen LogP contribution in [0.3, 0.4) is 0 Å². The number of methoxy groups -OCH3 is 1. The molecule has 0 fully saturated rings. The number of rotatable bonds is 3.